The summed E-state index contributed by atoms with van der Waals surface area (Å²) in [5, 5.41) is 12.9. The molecule has 4 nitrogen and oxygen atoms in total. The average molecular weight is 322 g/mol. The zero-order valence-corrected chi connectivity index (χ0v) is 12.8. The topological polar surface area (TPSA) is 70.6 Å². The van der Waals surface area contributed by atoms with Gasteiger partial charge < -0.3 is 16.2 Å². The van der Waals surface area contributed by atoms with Gasteiger partial charge >= 0.3 is 0 Å². The maximum Gasteiger partial charge on any atom is 0.193 e. The van der Waals surface area contributed by atoms with E-state index in [0.29, 0.717) is 5.56 Å². The number of aliphatic imine (C=N–C) groups is 1. The van der Waals surface area contributed by atoms with E-state index in [9.17, 15) is 9.50 Å². The van der Waals surface area contributed by atoms with Crippen LogP contribution in [-0.4, -0.2) is 17.6 Å². The Bertz CT molecular complexity index is 674. The molecule has 0 fully saturated rings. The van der Waals surface area contributed by atoms with Crippen LogP contribution in [0.1, 0.15) is 17.2 Å². The van der Waals surface area contributed by atoms with Gasteiger partial charge in [0.05, 0.1) is 17.7 Å². The first-order chi connectivity index (χ1) is 10.5. The van der Waals surface area contributed by atoms with Crippen molar-refractivity contribution in [3.05, 3.63) is 64.4 Å². The largest absolute Gasteiger partial charge is 0.386 e. The summed E-state index contributed by atoms with van der Waals surface area (Å²) < 4.78 is 13.3. The molecule has 1 atom stereocenters. The van der Waals surface area contributed by atoms with Crippen molar-refractivity contribution < 1.29 is 9.50 Å². The average Bonchev–Trinajstić information content (AvgIpc) is 2.50. The van der Waals surface area contributed by atoms with Gasteiger partial charge in [0.2, 0.25) is 0 Å². The fourth-order valence-corrected chi connectivity index (χ4v) is 1.95. The van der Waals surface area contributed by atoms with Gasteiger partial charge in [0.25, 0.3) is 0 Å². The number of aliphatic hydroxyl groups excluding tert-OH is 1. The minimum Gasteiger partial charge on any atom is -0.386 e. The SMILES string of the molecule is Cc1ccc(NC(N)=NCC(O)c2ccc(Cl)c(F)c2)cc1. The van der Waals surface area contributed by atoms with Crippen molar-refractivity contribution in [2.24, 2.45) is 10.7 Å². The number of nitrogens with zero attached hydrogens (tertiary/aromatic N) is 1. The molecule has 0 saturated carbocycles. The zero-order chi connectivity index (χ0) is 16.1. The number of halogens is 2. The Labute approximate surface area is 133 Å². The van der Waals surface area contributed by atoms with Crippen LogP contribution in [0, 0.1) is 12.7 Å². The van der Waals surface area contributed by atoms with Gasteiger partial charge in [-0.2, -0.15) is 0 Å². The van der Waals surface area contributed by atoms with E-state index in [1.165, 1.54) is 12.1 Å². The fraction of sp³-hybridized carbons (Fsp3) is 0.188. The van der Waals surface area contributed by atoms with E-state index in [2.05, 4.69) is 10.3 Å². The molecule has 0 aliphatic heterocycles. The number of benzene rings is 2. The number of hydrogen-bond acceptors (Lipinski definition) is 2. The lowest BCUT2D eigenvalue weighted by Gasteiger charge is -2.10. The van der Waals surface area contributed by atoms with Crippen LogP contribution in [0.25, 0.3) is 0 Å². The smallest absolute Gasteiger partial charge is 0.193 e. The summed E-state index contributed by atoms with van der Waals surface area (Å²) in [5.74, 6) is -0.398. The Balaban J connectivity index is 1.97. The summed E-state index contributed by atoms with van der Waals surface area (Å²) in [4.78, 5) is 4.05. The Morgan fingerprint density at radius 3 is 2.64 bits per heavy atom. The molecule has 0 radical (unpaired) electrons. The van der Waals surface area contributed by atoms with E-state index in [1.54, 1.807) is 6.07 Å². The molecule has 22 heavy (non-hydrogen) atoms. The van der Waals surface area contributed by atoms with Crippen LogP contribution >= 0.6 is 11.6 Å². The number of aryl methyl sites for hydroxylation is 1. The van der Waals surface area contributed by atoms with Crippen molar-refractivity contribution in [1.82, 2.24) is 0 Å². The lowest BCUT2D eigenvalue weighted by molar-refractivity contribution is 0.187. The number of hydrogen-bond donors (Lipinski definition) is 3. The number of aliphatic hydroxyl groups is 1. The van der Waals surface area contributed by atoms with Gasteiger partial charge in [0.1, 0.15) is 5.82 Å². The summed E-state index contributed by atoms with van der Waals surface area (Å²) in [7, 11) is 0. The lowest BCUT2D eigenvalue weighted by Crippen LogP contribution is -2.23. The van der Waals surface area contributed by atoms with E-state index in [-0.39, 0.29) is 17.5 Å². The molecular weight excluding hydrogens is 305 g/mol. The first-order valence-electron chi connectivity index (χ1n) is 6.72. The van der Waals surface area contributed by atoms with E-state index in [1.807, 2.05) is 31.2 Å². The van der Waals surface area contributed by atoms with Crippen LogP contribution in [0.2, 0.25) is 5.02 Å². The molecule has 1 unspecified atom stereocenters. The third kappa shape index (κ3) is 4.44. The molecule has 0 aliphatic rings. The highest BCUT2D eigenvalue weighted by Crippen LogP contribution is 2.20. The highest BCUT2D eigenvalue weighted by Gasteiger charge is 2.10. The third-order valence-corrected chi connectivity index (χ3v) is 3.39. The summed E-state index contributed by atoms with van der Waals surface area (Å²) in [6, 6.07) is 11.8. The van der Waals surface area contributed by atoms with Gasteiger partial charge in [0, 0.05) is 5.69 Å². The molecule has 2 rings (SSSR count). The lowest BCUT2D eigenvalue weighted by atomic mass is 10.1. The Kier molecular flexibility index (Phi) is 5.35. The van der Waals surface area contributed by atoms with Crippen LogP contribution < -0.4 is 11.1 Å². The number of nitrogens with one attached hydrogen (secondary N) is 1. The van der Waals surface area contributed by atoms with Crippen molar-refractivity contribution in [3.63, 3.8) is 0 Å². The molecule has 6 heteroatoms. The first kappa shape index (κ1) is 16.3. The van der Waals surface area contributed by atoms with E-state index in [0.717, 1.165) is 11.3 Å². The van der Waals surface area contributed by atoms with Crippen molar-refractivity contribution in [1.29, 1.82) is 0 Å². The molecule has 4 N–H and O–H groups in total. The van der Waals surface area contributed by atoms with Gasteiger partial charge in [-0.25, -0.2) is 4.39 Å². The molecule has 2 aromatic rings. The number of rotatable bonds is 4. The Morgan fingerprint density at radius 2 is 2.00 bits per heavy atom. The molecule has 0 spiro atoms. The van der Waals surface area contributed by atoms with E-state index in [4.69, 9.17) is 17.3 Å². The number of anilines is 1. The molecule has 2 aromatic carbocycles. The monoisotopic (exact) mass is 321 g/mol. The third-order valence-electron chi connectivity index (χ3n) is 3.09. The van der Waals surface area contributed by atoms with Crippen molar-refractivity contribution >= 4 is 23.2 Å². The Morgan fingerprint density at radius 1 is 1.32 bits per heavy atom. The van der Waals surface area contributed by atoms with Crippen LogP contribution in [-0.2, 0) is 0 Å². The summed E-state index contributed by atoms with van der Waals surface area (Å²) in [6.07, 6.45) is -0.954. The van der Waals surface area contributed by atoms with Gasteiger partial charge in [0.15, 0.2) is 5.96 Å². The molecule has 0 bridgehead atoms. The van der Waals surface area contributed by atoms with E-state index < -0.39 is 11.9 Å². The molecule has 116 valence electrons. The second-order valence-electron chi connectivity index (χ2n) is 4.91. The van der Waals surface area contributed by atoms with Gasteiger partial charge in [-0.15, -0.1) is 0 Å². The maximum atomic E-state index is 13.3. The molecule has 0 heterocycles. The standard InChI is InChI=1S/C16H17ClFN3O/c1-10-2-5-12(6-3-10)21-16(19)20-9-15(22)11-4-7-13(17)14(18)8-11/h2-8,15,22H,9H2,1H3,(H3,19,20,21). The molecule has 0 aliphatic carbocycles. The van der Waals surface area contributed by atoms with Crippen molar-refractivity contribution in [2.75, 3.05) is 11.9 Å². The molecule has 0 saturated heterocycles. The highest BCUT2D eigenvalue weighted by molar-refractivity contribution is 6.30. The van der Waals surface area contributed by atoms with Crippen molar-refractivity contribution in [2.45, 2.75) is 13.0 Å². The van der Waals surface area contributed by atoms with Gasteiger partial charge in [-0.1, -0.05) is 35.4 Å². The van der Waals surface area contributed by atoms with Crippen LogP contribution in [0.4, 0.5) is 10.1 Å². The maximum absolute atomic E-state index is 13.3. The van der Waals surface area contributed by atoms with Crippen LogP contribution in [0.15, 0.2) is 47.5 Å². The minimum absolute atomic E-state index is 0.0139. The van der Waals surface area contributed by atoms with Gasteiger partial charge in [-0.05, 0) is 36.8 Å². The number of guanidine groups is 1. The second-order valence-corrected chi connectivity index (χ2v) is 5.31. The second kappa shape index (κ2) is 7.24. The van der Waals surface area contributed by atoms with Crippen molar-refractivity contribution in [3.8, 4) is 0 Å². The fourth-order valence-electron chi connectivity index (χ4n) is 1.83. The predicted octanol–water partition coefficient (Wildman–Crippen LogP) is 3.25. The first-order valence-corrected chi connectivity index (χ1v) is 7.10. The normalized spacial score (nSPS) is 13.0. The number of nitrogens with two attached hydrogens (primary N) is 1. The molecular formula is C16H17ClFN3O. The van der Waals surface area contributed by atoms with Crippen LogP contribution in [0.3, 0.4) is 0 Å². The summed E-state index contributed by atoms with van der Waals surface area (Å²) in [6.45, 7) is 2.01. The van der Waals surface area contributed by atoms with Crippen LogP contribution in [0.5, 0.6) is 0 Å². The summed E-state index contributed by atoms with van der Waals surface area (Å²) >= 11 is 5.60. The zero-order valence-electron chi connectivity index (χ0n) is 12.1. The molecule has 0 amide bonds. The predicted molar refractivity (Wildman–Crippen MR) is 87.7 cm³/mol. The quantitative estimate of drug-likeness (QED) is 0.598. The van der Waals surface area contributed by atoms with E-state index >= 15 is 0 Å². The Hall–Kier alpha value is -2.11. The van der Waals surface area contributed by atoms with Gasteiger partial charge in [-0.3, -0.25) is 4.99 Å². The summed E-state index contributed by atoms with van der Waals surface area (Å²) in [5.41, 5.74) is 8.10. The minimum atomic E-state index is -0.954. The molecule has 0 aromatic heterocycles. The highest BCUT2D eigenvalue weighted by atomic mass is 35.5.